The summed E-state index contributed by atoms with van der Waals surface area (Å²) in [5.41, 5.74) is 6.22. The molecule has 0 spiro atoms. The van der Waals surface area contributed by atoms with Gasteiger partial charge in [-0.05, 0) is 65.4 Å². The van der Waals surface area contributed by atoms with E-state index in [0.29, 0.717) is 12.1 Å². The van der Waals surface area contributed by atoms with Crippen LogP contribution in [0.15, 0.2) is 61.1 Å². The molecule has 1 aliphatic carbocycles. The lowest BCUT2D eigenvalue weighted by Crippen LogP contribution is -2.36. The minimum atomic E-state index is -0.0867. The van der Waals surface area contributed by atoms with Crippen LogP contribution in [0.2, 0.25) is 0 Å². The molecule has 0 fully saturated rings. The summed E-state index contributed by atoms with van der Waals surface area (Å²) in [6.07, 6.45) is 5.25. The molecule has 1 amide bonds. The summed E-state index contributed by atoms with van der Waals surface area (Å²) in [5, 5.41) is 19.1. The van der Waals surface area contributed by atoms with E-state index in [1.165, 1.54) is 5.56 Å². The van der Waals surface area contributed by atoms with Gasteiger partial charge >= 0.3 is 0 Å². The lowest BCUT2D eigenvalue weighted by atomic mass is 9.74. The number of hydrogen-bond donors (Lipinski definition) is 1. The van der Waals surface area contributed by atoms with Crippen molar-refractivity contribution in [2.24, 2.45) is 5.41 Å². The first-order valence-corrected chi connectivity index (χ1v) is 11.1. The lowest BCUT2D eigenvalue weighted by Gasteiger charge is -2.36. The SMILES string of the molecule is Cc1ccc(-n2ncc3c2CC(C)(C)C[C@H]3NC(=O)c2ccc(Cn3cnnn3)cc2)cc1. The summed E-state index contributed by atoms with van der Waals surface area (Å²) >= 11 is 0. The zero-order valence-electron chi connectivity index (χ0n) is 19.1. The number of carbonyl (C=O) groups excluding carboxylic acids is 1. The Hall–Kier alpha value is -3.81. The molecule has 33 heavy (non-hydrogen) atoms. The van der Waals surface area contributed by atoms with Gasteiger partial charge in [-0.1, -0.05) is 43.7 Å². The number of rotatable bonds is 5. The molecule has 0 radical (unpaired) electrons. The molecule has 0 unspecified atom stereocenters. The number of aryl methyl sites for hydroxylation is 1. The molecular weight excluding hydrogens is 414 g/mol. The molecule has 1 N–H and O–H groups in total. The second-order valence-corrected chi connectivity index (χ2v) is 9.57. The smallest absolute Gasteiger partial charge is 0.251 e. The number of benzene rings is 2. The zero-order valence-corrected chi connectivity index (χ0v) is 19.1. The lowest BCUT2D eigenvalue weighted by molar-refractivity contribution is 0.0919. The van der Waals surface area contributed by atoms with E-state index in [1.807, 2.05) is 35.1 Å². The Labute approximate surface area is 192 Å². The van der Waals surface area contributed by atoms with Crippen molar-refractivity contribution in [2.75, 3.05) is 0 Å². The first kappa shape index (κ1) is 21.1. The zero-order chi connectivity index (χ0) is 23.0. The van der Waals surface area contributed by atoms with Gasteiger partial charge < -0.3 is 5.32 Å². The summed E-state index contributed by atoms with van der Waals surface area (Å²) in [6.45, 7) is 7.13. The number of aromatic nitrogens is 6. The second kappa shape index (κ2) is 8.27. The Morgan fingerprint density at radius 2 is 1.88 bits per heavy atom. The van der Waals surface area contributed by atoms with E-state index in [9.17, 15) is 4.79 Å². The number of fused-ring (bicyclic) bond motifs is 1. The van der Waals surface area contributed by atoms with Crippen molar-refractivity contribution in [3.8, 4) is 5.69 Å². The Kier molecular flexibility index (Phi) is 5.28. The molecule has 1 aliphatic rings. The Bertz CT molecular complexity index is 1260. The van der Waals surface area contributed by atoms with Crippen molar-refractivity contribution < 1.29 is 4.79 Å². The Balaban J connectivity index is 1.36. The third-order valence-corrected chi connectivity index (χ3v) is 6.22. The fraction of sp³-hybridized carbons (Fsp3) is 0.320. The molecule has 0 bridgehead atoms. The van der Waals surface area contributed by atoms with Gasteiger partial charge in [-0.3, -0.25) is 4.79 Å². The van der Waals surface area contributed by atoms with Crippen molar-refractivity contribution in [1.29, 1.82) is 0 Å². The molecule has 2 aromatic heterocycles. The van der Waals surface area contributed by atoms with Crippen molar-refractivity contribution in [3.05, 3.63) is 89.0 Å². The van der Waals surface area contributed by atoms with Crippen LogP contribution in [0.5, 0.6) is 0 Å². The molecule has 8 nitrogen and oxygen atoms in total. The number of tetrazole rings is 1. The molecule has 0 aliphatic heterocycles. The summed E-state index contributed by atoms with van der Waals surface area (Å²) in [5.74, 6) is -0.0827. The van der Waals surface area contributed by atoms with Gasteiger partial charge in [-0.25, -0.2) is 9.36 Å². The highest BCUT2D eigenvalue weighted by Gasteiger charge is 2.36. The van der Waals surface area contributed by atoms with E-state index in [4.69, 9.17) is 0 Å². The Morgan fingerprint density at radius 3 is 2.58 bits per heavy atom. The Morgan fingerprint density at radius 1 is 1.12 bits per heavy atom. The molecule has 4 aromatic rings. The highest BCUT2D eigenvalue weighted by atomic mass is 16.1. The predicted octanol–water partition coefficient (Wildman–Crippen LogP) is 3.66. The third-order valence-electron chi connectivity index (χ3n) is 6.22. The van der Waals surface area contributed by atoms with Crippen LogP contribution >= 0.6 is 0 Å². The number of nitrogens with zero attached hydrogens (tertiary/aromatic N) is 6. The quantitative estimate of drug-likeness (QED) is 0.510. The predicted molar refractivity (Wildman–Crippen MR) is 124 cm³/mol. The van der Waals surface area contributed by atoms with Gasteiger partial charge in [-0.2, -0.15) is 5.10 Å². The van der Waals surface area contributed by atoms with Crippen LogP contribution in [-0.4, -0.2) is 35.9 Å². The normalized spacial score (nSPS) is 16.9. The first-order chi connectivity index (χ1) is 15.9. The first-order valence-electron chi connectivity index (χ1n) is 11.1. The van der Waals surface area contributed by atoms with Crippen LogP contribution in [0.25, 0.3) is 5.69 Å². The van der Waals surface area contributed by atoms with Crippen LogP contribution in [0.4, 0.5) is 0 Å². The summed E-state index contributed by atoms with van der Waals surface area (Å²) in [6, 6.07) is 15.9. The summed E-state index contributed by atoms with van der Waals surface area (Å²) in [7, 11) is 0. The highest BCUT2D eigenvalue weighted by molar-refractivity contribution is 5.94. The third kappa shape index (κ3) is 4.41. The molecule has 8 heteroatoms. The molecule has 0 saturated carbocycles. The van der Waals surface area contributed by atoms with Gasteiger partial charge in [0.15, 0.2) is 0 Å². The van der Waals surface area contributed by atoms with Crippen LogP contribution < -0.4 is 5.32 Å². The molecule has 0 saturated heterocycles. The van der Waals surface area contributed by atoms with Gasteiger partial charge in [0.1, 0.15) is 6.33 Å². The van der Waals surface area contributed by atoms with Gasteiger partial charge in [0.05, 0.1) is 30.2 Å². The fourth-order valence-corrected chi connectivity index (χ4v) is 4.52. The average molecular weight is 442 g/mol. The molecular formula is C25H27N7O. The van der Waals surface area contributed by atoms with Crippen molar-refractivity contribution in [2.45, 2.75) is 46.2 Å². The second-order valence-electron chi connectivity index (χ2n) is 9.57. The summed E-state index contributed by atoms with van der Waals surface area (Å²) < 4.78 is 3.66. The van der Waals surface area contributed by atoms with E-state index < -0.39 is 0 Å². The van der Waals surface area contributed by atoms with E-state index in [-0.39, 0.29) is 17.4 Å². The highest BCUT2D eigenvalue weighted by Crippen LogP contribution is 2.41. The van der Waals surface area contributed by atoms with Gasteiger partial charge in [0.25, 0.3) is 5.91 Å². The van der Waals surface area contributed by atoms with Crippen molar-refractivity contribution in [3.63, 3.8) is 0 Å². The topological polar surface area (TPSA) is 90.5 Å². The maximum absolute atomic E-state index is 13.1. The number of hydrogen-bond acceptors (Lipinski definition) is 5. The molecule has 2 heterocycles. The van der Waals surface area contributed by atoms with Crippen LogP contribution in [0, 0.1) is 12.3 Å². The molecule has 2 aromatic carbocycles. The van der Waals surface area contributed by atoms with E-state index in [1.54, 1.807) is 11.0 Å². The van der Waals surface area contributed by atoms with E-state index in [2.05, 4.69) is 71.0 Å². The maximum Gasteiger partial charge on any atom is 0.251 e. The van der Waals surface area contributed by atoms with Gasteiger partial charge in [0.2, 0.25) is 0 Å². The van der Waals surface area contributed by atoms with Gasteiger partial charge in [0, 0.05) is 11.1 Å². The minimum Gasteiger partial charge on any atom is -0.345 e. The number of nitrogens with one attached hydrogen (secondary N) is 1. The maximum atomic E-state index is 13.1. The monoisotopic (exact) mass is 441 g/mol. The van der Waals surface area contributed by atoms with Crippen molar-refractivity contribution in [1.82, 2.24) is 35.3 Å². The number of carbonyl (C=O) groups is 1. The number of amides is 1. The summed E-state index contributed by atoms with van der Waals surface area (Å²) in [4.78, 5) is 13.1. The average Bonchev–Trinajstić information content (AvgIpc) is 3.44. The standard InChI is InChI=1S/C25H27N7O/c1-17-4-10-20(11-5-17)32-23-13-25(2,3)12-22(21(23)14-27-32)28-24(33)19-8-6-18(7-9-19)15-31-16-26-29-30-31/h4-11,14,16,22H,12-13,15H2,1-3H3,(H,28,33)/t22-/m1/s1. The fourth-order valence-electron chi connectivity index (χ4n) is 4.52. The largest absolute Gasteiger partial charge is 0.345 e. The van der Waals surface area contributed by atoms with E-state index in [0.717, 1.165) is 35.3 Å². The van der Waals surface area contributed by atoms with E-state index >= 15 is 0 Å². The van der Waals surface area contributed by atoms with Crippen LogP contribution in [0.3, 0.4) is 0 Å². The van der Waals surface area contributed by atoms with Crippen LogP contribution in [-0.2, 0) is 13.0 Å². The van der Waals surface area contributed by atoms with Crippen LogP contribution in [0.1, 0.15) is 59.1 Å². The molecule has 5 rings (SSSR count). The molecule has 1 atom stereocenters. The molecule has 168 valence electrons. The minimum absolute atomic E-state index is 0.0448. The van der Waals surface area contributed by atoms with Gasteiger partial charge in [-0.15, -0.1) is 5.10 Å². The van der Waals surface area contributed by atoms with Crippen molar-refractivity contribution >= 4 is 5.91 Å².